The molecule has 7 heteroatoms. The predicted octanol–water partition coefficient (Wildman–Crippen LogP) is 0.866. The van der Waals surface area contributed by atoms with E-state index >= 15 is 0 Å². The smallest absolute Gasteiger partial charge is 0.233 e. The summed E-state index contributed by atoms with van der Waals surface area (Å²) < 4.78 is 10.5. The Bertz CT molecular complexity index is 539. The number of ether oxygens (including phenoxy) is 1. The van der Waals surface area contributed by atoms with Crippen molar-refractivity contribution in [1.82, 2.24) is 15.1 Å². The highest BCUT2D eigenvalue weighted by molar-refractivity contribution is 7.09. The van der Waals surface area contributed by atoms with Gasteiger partial charge in [0.15, 0.2) is 5.82 Å². The number of aromatic nitrogens is 3. The zero-order valence-electron chi connectivity index (χ0n) is 10.00. The third kappa shape index (κ3) is 2.29. The van der Waals surface area contributed by atoms with Crippen LogP contribution in [0.25, 0.3) is 0 Å². The van der Waals surface area contributed by atoms with E-state index in [1.54, 1.807) is 11.3 Å². The maximum Gasteiger partial charge on any atom is 0.233 e. The molecule has 96 valence electrons. The quantitative estimate of drug-likeness (QED) is 0.886. The van der Waals surface area contributed by atoms with Gasteiger partial charge in [-0.25, -0.2) is 4.98 Å². The van der Waals surface area contributed by atoms with Gasteiger partial charge in [-0.05, 0) is 6.92 Å². The Balaban J connectivity index is 1.73. The van der Waals surface area contributed by atoms with Crippen LogP contribution in [-0.2, 0) is 11.2 Å². The summed E-state index contributed by atoms with van der Waals surface area (Å²) in [5.74, 6) is 1.24. The van der Waals surface area contributed by atoms with Gasteiger partial charge in [0.05, 0.1) is 36.3 Å². The Hall–Kier alpha value is -1.31. The molecule has 0 amide bonds. The Morgan fingerprint density at radius 2 is 2.33 bits per heavy atom. The van der Waals surface area contributed by atoms with Gasteiger partial charge < -0.3 is 15.0 Å². The van der Waals surface area contributed by atoms with Crippen LogP contribution in [0.5, 0.6) is 0 Å². The minimum atomic E-state index is -0.0557. The fourth-order valence-electron chi connectivity index (χ4n) is 1.97. The van der Waals surface area contributed by atoms with Gasteiger partial charge in [-0.3, -0.25) is 0 Å². The standard InChI is InChI=1S/C11H14N4O2S/c1-6-13-7(5-18-6)2-10-14-11(17-15-10)8-3-16-4-9(8)12/h5,8-9H,2-4,12H2,1H3. The van der Waals surface area contributed by atoms with E-state index in [2.05, 4.69) is 15.1 Å². The van der Waals surface area contributed by atoms with Crippen molar-refractivity contribution in [2.24, 2.45) is 5.73 Å². The van der Waals surface area contributed by atoms with Crippen molar-refractivity contribution in [3.8, 4) is 0 Å². The molecule has 0 radical (unpaired) electrons. The highest BCUT2D eigenvalue weighted by Crippen LogP contribution is 2.23. The lowest BCUT2D eigenvalue weighted by Crippen LogP contribution is -2.27. The Kier molecular flexibility index (Phi) is 3.11. The van der Waals surface area contributed by atoms with Crippen LogP contribution in [-0.4, -0.2) is 34.4 Å². The molecular formula is C11H14N4O2S. The summed E-state index contributed by atoms with van der Waals surface area (Å²) in [5, 5.41) is 7.02. The molecule has 2 aromatic heterocycles. The van der Waals surface area contributed by atoms with Crippen LogP contribution in [0.3, 0.4) is 0 Å². The van der Waals surface area contributed by atoms with Gasteiger partial charge >= 0.3 is 0 Å². The van der Waals surface area contributed by atoms with E-state index in [1.165, 1.54) is 0 Å². The van der Waals surface area contributed by atoms with Gasteiger partial charge in [0, 0.05) is 11.4 Å². The molecule has 0 bridgehead atoms. The number of nitrogens with zero attached hydrogens (tertiary/aromatic N) is 3. The maximum absolute atomic E-state index is 5.91. The third-order valence-electron chi connectivity index (χ3n) is 2.93. The van der Waals surface area contributed by atoms with Crippen molar-refractivity contribution in [2.75, 3.05) is 13.2 Å². The third-order valence-corrected chi connectivity index (χ3v) is 3.75. The molecule has 2 N–H and O–H groups in total. The van der Waals surface area contributed by atoms with Crippen molar-refractivity contribution >= 4 is 11.3 Å². The average molecular weight is 266 g/mol. The summed E-state index contributed by atoms with van der Waals surface area (Å²) in [6.07, 6.45) is 0.594. The number of nitrogens with two attached hydrogens (primary N) is 1. The Labute approximate surface area is 108 Å². The molecule has 1 saturated heterocycles. The van der Waals surface area contributed by atoms with Crippen LogP contribution in [0.2, 0.25) is 0 Å². The van der Waals surface area contributed by atoms with Crippen LogP contribution in [0.15, 0.2) is 9.90 Å². The Morgan fingerprint density at radius 1 is 1.44 bits per heavy atom. The fraction of sp³-hybridized carbons (Fsp3) is 0.545. The van der Waals surface area contributed by atoms with Crippen LogP contribution < -0.4 is 5.73 Å². The summed E-state index contributed by atoms with van der Waals surface area (Å²) in [7, 11) is 0. The SMILES string of the molecule is Cc1nc(Cc2noc(C3COCC3N)n2)cs1. The predicted molar refractivity (Wildman–Crippen MR) is 65.5 cm³/mol. The summed E-state index contributed by atoms with van der Waals surface area (Å²) >= 11 is 1.62. The lowest BCUT2D eigenvalue weighted by atomic mass is 10.1. The first-order valence-electron chi connectivity index (χ1n) is 5.79. The minimum absolute atomic E-state index is 0.0171. The molecule has 3 heterocycles. The number of aryl methyl sites for hydroxylation is 1. The summed E-state index contributed by atoms with van der Waals surface area (Å²) in [5.41, 5.74) is 6.88. The molecule has 0 aliphatic carbocycles. The zero-order valence-corrected chi connectivity index (χ0v) is 10.8. The van der Waals surface area contributed by atoms with Crippen LogP contribution in [0.4, 0.5) is 0 Å². The minimum Gasteiger partial charge on any atom is -0.379 e. The first-order valence-corrected chi connectivity index (χ1v) is 6.67. The summed E-state index contributed by atoms with van der Waals surface area (Å²) in [4.78, 5) is 8.75. The normalized spacial score (nSPS) is 23.7. The molecule has 1 fully saturated rings. The molecule has 6 nitrogen and oxygen atoms in total. The topological polar surface area (TPSA) is 87.1 Å². The highest BCUT2D eigenvalue weighted by Gasteiger charge is 2.31. The maximum atomic E-state index is 5.91. The van der Waals surface area contributed by atoms with Crippen molar-refractivity contribution < 1.29 is 9.26 Å². The summed E-state index contributed by atoms with van der Waals surface area (Å²) in [6, 6.07) is -0.0557. The largest absolute Gasteiger partial charge is 0.379 e. The van der Waals surface area contributed by atoms with E-state index in [0.29, 0.717) is 31.3 Å². The van der Waals surface area contributed by atoms with Gasteiger partial charge in [-0.2, -0.15) is 4.98 Å². The van der Waals surface area contributed by atoms with Gasteiger partial charge in [-0.1, -0.05) is 5.16 Å². The monoisotopic (exact) mass is 266 g/mol. The van der Waals surface area contributed by atoms with Crippen molar-refractivity contribution in [3.63, 3.8) is 0 Å². The Morgan fingerprint density at radius 3 is 3.00 bits per heavy atom. The van der Waals surface area contributed by atoms with Crippen molar-refractivity contribution in [3.05, 3.63) is 27.8 Å². The number of hydrogen-bond acceptors (Lipinski definition) is 7. The molecule has 2 aromatic rings. The first kappa shape index (κ1) is 11.8. The first-order chi connectivity index (χ1) is 8.72. The molecule has 1 aliphatic rings. The lowest BCUT2D eigenvalue weighted by molar-refractivity contribution is 0.187. The summed E-state index contributed by atoms with van der Waals surface area (Å²) in [6.45, 7) is 3.08. The van der Waals surface area contributed by atoms with E-state index in [9.17, 15) is 0 Å². The average Bonchev–Trinajstić information content (AvgIpc) is 3.02. The number of hydrogen-bond donors (Lipinski definition) is 1. The van der Waals surface area contributed by atoms with E-state index in [1.807, 2.05) is 12.3 Å². The second-order valence-electron chi connectivity index (χ2n) is 4.39. The van der Waals surface area contributed by atoms with Gasteiger partial charge in [-0.15, -0.1) is 11.3 Å². The van der Waals surface area contributed by atoms with Gasteiger partial charge in [0.25, 0.3) is 0 Å². The molecular weight excluding hydrogens is 252 g/mol. The molecule has 0 aromatic carbocycles. The van der Waals surface area contributed by atoms with Gasteiger partial charge in [0.2, 0.25) is 5.89 Å². The van der Waals surface area contributed by atoms with Crippen LogP contribution in [0.1, 0.15) is 28.3 Å². The van der Waals surface area contributed by atoms with E-state index in [4.69, 9.17) is 15.0 Å². The molecule has 1 aliphatic heterocycles. The van der Waals surface area contributed by atoms with Crippen molar-refractivity contribution in [2.45, 2.75) is 25.3 Å². The van der Waals surface area contributed by atoms with E-state index in [-0.39, 0.29) is 12.0 Å². The number of thiazole rings is 1. The molecule has 2 unspecified atom stereocenters. The molecule has 18 heavy (non-hydrogen) atoms. The van der Waals surface area contributed by atoms with E-state index in [0.717, 1.165) is 10.7 Å². The number of rotatable bonds is 3. The van der Waals surface area contributed by atoms with Crippen LogP contribution >= 0.6 is 11.3 Å². The van der Waals surface area contributed by atoms with Crippen molar-refractivity contribution in [1.29, 1.82) is 0 Å². The highest BCUT2D eigenvalue weighted by atomic mass is 32.1. The van der Waals surface area contributed by atoms with E-state index < -0.39 is 0 Å². The lowest BCUT2D eigenvalue weighted by Gasteiger charge is -2.05. The molecule has 0 saturated carbocycles. The van der Waals surface area contributed by atoms with Gasteiger partial charge in [0.1, 0.15) is 0 Å². The molecule has 0 spiro atoms. The molecule has 2 atom stereocenters. The molecule has 3 rings (SSSR count). The zero-order chi connectivity index (χ0) is 12.5. The van der Waals surface area contributed by atoms with Crippen LogP contribution in [0, 0.1) is 6.92 Å². The fourth-order valence-corrected chi connectivity index (χ4v) is 2.58. The second kappa shape index (κ2) is 4.75. The second-order valence-corrected chi connectivity index (χ2v) is 5.45.